The molecule has 6 heteroatoms. The van der Waals surface area contributed by atoms with Gasteiger partial charge in [-0.25, -0.2) is 4.98 Å². The number of amides is 1. The second-order valence-electron chi connectivity index (χ2n) is 8.31. The van der Waals surface area contributed by atoms with Crippen LogP contribution < -0.4 is 10.5 Å². The van der Waals surface area contributed by atoms with Crippen LogP contribution in [0.25, 0.3) is 32.1 Å². The Morgan fingerprint density at radius 1 is 0.970 bits per heavy atom. The molecule has 33 heavy (non-hydrogen) atoms. The molecule has 3 aromatic carbocycles. The van der Waals surface area contributed by atoms with Crippen LogP contribution in [0.1, 0.15) is 12.0 Å². The number of fused-ring (bicyclic) bond motifs is 3. The Morgan fingerprint density at radius 2 is 1.79 bits per heavy atom. The third kappa shape index (κ3) is 3.34. The lowest BCUT2D eigenvalue weighted by molar-refractivity contribution is -0.119. The standard InChI is InChI=1S/C27H21N3O2S/c31-24(30-14-6-10-19-8-2-4-13-23(19)30)15-29-17-28-26-25(27(29)32)22(16-33-26)21-12-5-9-18-7-1-3-11-20(18)21/h1-5,7-9,11-13,16-17H,6,10,14-15H2. The molecular formula is C27H21N3O2S. The van der Waals surface area contributed by atoms with E-state index >= 15 is 0 Å². The lowest BCUT2D eigenvalue weighted by Crippen LogP contribution is -2.39. The molecule has 0 radical (unpaired) electrons. The van der Waals surface area contributed by atoms with E-state index in [0.717, 1.165) is 40.4 Å². The van der Waals surface area contributed by atoms with Gasteiger partial charge < -0.3 is 4.90 Å². The van der Waals surface area contributed by atoms with E-state index in [1.807, 2.05) is 47.8 Å². The molecule has 0 aliphatic carbocycles. The molecule has 5 aromatic rings. The molecule has 1 aliphatic heterocycles. The third-order valence-corrected chi connectivity index (χ3v) is 7.24. The normalized spacial score (nSPS) is 13.4. The second kappa shape index (κ2) is 7.98. The monoisotopic (exact) mass is 451 g/mol. The van der Waals surface area contributed by atoms with Gasteiger partial charge in [0, 0.05) is 23.2 Å². The zero-order valence-corrected chi connectivity index (χ0v) is 18.7. The summed E-state index contributed by atoms with van der Waals surface area (Å²) in [5.41, 5.74) is 3.82. The molecule has 1 aliphatic rings. The molecule has 0 bridgehead atoms. The minimum Gasteiger partial charge on any atom is -0.311 e. The van der Waals surface area contributed by atoms with E-state index in [4.69, 9.17) is 0 Å². The smallest absolute Gasteiger partial charge is 0.263 e. The molecular weight excluding hydrogens is 430 g/mol. The summed E-state index contributed by atoms with van der Waals surface area (Å²) < 4.78 is 1.45. The topological polar surface area (TPSA) is 55.2 Å². The first kappa shape index (κ1) is 19.9. The van der Waals surface area contributed by atoms with Crippen molar-refractivity contribution in [3.8, 4) is 11.1 Å². The summed E-state index contributed by atoms with van der Waals surface area (Å²) in [6.45, 7) is 0.640. The van der Waals surface area contributed by atoms with Crippen molar-refractivity contribution in [2.45, 2.75) is 19.4 Å². The van der Waals surface area contributed by atoms with Gasteiger partial charge >= 0.3 is 0 Å². The van der Waals surface area contributed by atoms with Crippen LogP contribution in [-0.4, -0.2) is 22.0 Å². The number of benzene rings is 3. The molecule has 5 nitrogen and oxygen atoms in total. The Labute approximate surface area is 194 Å². The van der Waals surface area contributed by atoms with Crippen LogP contribution in [0, 0.1) is 0 Å². The molecule has 0 fully saturated rings. The van der Waals surface area contributed by atoms with Gasteiger partial charge in [-0.15, -0.1) is 11.3 Å². The zero-order chi connectivity index (χ0) is 22.4. The van der Waals surface area contributed by atoms with Crippen molar-refractivity contribution in [3.05, 3.63) is 94.4 Å². The number of thiophene rings is 1. The Bertz CT molecular complexity index is 1580. The van der Waals surface area contributed by atoms with Crippen molar-refractivity contribution in [1.82, 2.24) is 9.55 Å². The quantitative estimate of drug-likeness (QED) is 0.376. The molecule has 0 spiro atoms. The summed E-state index contributed by atoms with van der Waals surface area (Å²) in [5, 5.41) is 4.78. The van der Waals surface area contributed by atoms with Gasteiger partial charge in [0.2, 0.25) is 5.91 Å². The molecule has 0 atom stereocenters. The molecule has 2 aromatic heterocycles. The first-order chi connectivity index (χ1) is 16.2. The molecule has 0 saturated carbocycles. The molecule has 6 rings (SSSR count). The summed E-state index contributed by atoms with van der Waals surface area (Å²) in [4.78, 5) is 33.8. The molecule has 0 unspecified atom stereocenters. The predicted molar refractivity (Wildman–Crippen MR) is 134 cm³/mol. The molecule has 0 saturated heterocycles. The summed E-state index contributed by atoms with van der Waals surface area (Å²) >= 11 is 1.46. The maximum atomic E-state index is 13.5. The van der Waals surface area contributed by atoms with E-state index in [1.165, 1.54) is 27.8 Å². The summed E-state index contributed by atoms with van der Waals surface area (Å²) in [5.74, 6) is -0.0904. The van der Waals surface area contributed by atoms with Crippen molar-refractivity contribution >= 4 is 43.9 Å². The Balaban J connectivity index is 1.42. The van der Waals surface area contributed by atoms with E-state index in [1.54, 1.807) is 4.90 Å². The fourth-order valence-corrected chi connectivity index (χ4v) is 5.66. The molecule has 3 heterocycles. The Morgan fingerprint density at radius 3 is 2.73 bits per heavy atom. The van der Waals surface area contributed by atoms with Gasteiger partial charge in [0.1, 0.15) is 11.4 Å². The summed E-state index contributed by atoms with van der Waals surface area (Å²) in [7, 11) is 0. The van der Waals surface area contributed by atoms with Crippen LogP contribution in [0.3, 0.4) is 0 Å². The highest BCUT2D eigenvalue weighted by molar-refractivity contribution is 7.17. The fourth-order valence-electron chi connectivity index (χ4n) is 4.76. The average molecular weight is 452 g/mol. The molecule has 0 N–H and O–H groups in total. The number of hydrogen-bond acceptors (Lipinski definition) is 4. The lowest BCUT2D eigenvalue weighted by Gasteiger charge is -2.29. The van der Waals surface area contributed by atoms with E-state index in [0.29, 0.717) is 16.8 Å². The number of nitrogens with zero attached hydrogens (tertiary/aromatic N) is 3. The van der Waals surface area contributed by atoms with Crippen LogP contribution in [0.5, 0.6) is 0 Å². The summed E-state index contributed by atoms with van der Waals surface area (Å²) in [6, 6.07) is 22.3. The Hall–Kier alpha value is -3.77. The van der Waals surface area contributed by atoms with E-state index in [-0.39, 0.29) is 18.0 Å². The minimum absolute atomic E-state index is 0.0269. The lowest BCUT2D eigenvalue weighted by atomic mass is 9.99. The van der Waals surface area contributed by atoms with Crippen molar-refractivity contribution in [3.63, 3.8) is 0 Å². The predicted octanol–water partition coefficient (Wildman–Crippen LogP) is 5.26. The Kier molecular flexibility index (Phi) is 4.80. The number of anilines is 1. The van der Waals surface area contributed by atoms with E-state index in [9.17, 15) is 9.59 Å². The van der Waals surface area contributed by atoms with Crippen LogP contribution in [0.4, 0.5) is 5.69 Å². The summed E-state index contributed by atoms with van der Waals surface area (Å²) in [6.07, 6.45) is 3.39. The maximum absolute atomic E-state index is 13.5. The van der Waals surface area contributed by atoms with Gasteiger partial charge in [0.25, 0.3) is 5.56 Å². The molecule has 162 valence electrons. The van der Waals surface area contributed by atoms with Gasteiger partial charge in [0.05, 0.1) is 11.7 Å². The van der Waals surface area contributed by atoms with E-state index < -0.39 is 0 Å². The SMILES string of the molecule is O=C(Cn1cnc2scc(-c3cccc4ccccc34)c2c1=O)N1CCCc2ccccc21. The largest absolute Gasteiger partial charge is 0.311 e. The number of aryl methyl sites for hydroxylation is 1. The van der Waals surface area contributed by atoms with Gasteiger partial charge in [-0.2, -0.15) is 0 Å². The van der Waals surface area contributed by atoms with Gasteiger partial charge in [0.15, 0.2) is 0 Å². The van der Waals surface area contributed by atoms with Crippen LogP contribution in [0.15, 0.2) is 83.2 Å². The average Bonchev–Trinajstić information content (AvgIpc) is 3.29. The minimum atomic E-state index is -0.178. The highest BCUT2D eigenvalue weighted by atomic mass is 32.1. The first-order valence-corrected chi connectivity index (χ1v) is 11.9. The fraction of sp³-hybridized carbons (Fsp3) is 0.148. The van der Waals surface area contributed by atoms with Crippen molar-refractivity contribution in [1.29, 1.82) is 0 Å². The van der Waals surface area contributed by atoms with Crippen molar-refractivity contribution in [2.75, 3.05) is 11.4 Å². The highest BCUT2D eigenvalue weighted by Gasteiger charge is 2.23. The van der Waals surface area contributed by atoms with Crippen molar-refractivity contribution in [2.24, 2.45) is 0 Å². The molecule has 1 amide bonds. The van der Waals surface area contributed by atoms with Gasteiger partial charge in [-0.1, -0.05) is 60.7 Å². The number of carbonyl (C=O) groups excluding carboxylic acids is 1. The number of carbonyl (C=O) groups is 1. The number of hydrogen-bond donors (Lipinski definition) is 0. The van der Waals surface area contributed by atoms with Crippen LogP contribution in [-0.2, 0) is 17.8 Å². The first-order valence-electron chi connectivity index (χ1n) is 11.0. The maximum Gasteiger partial charge on any atom is 0.263 e. The van der Waals surface area contributed by atoms with Crippen LogP contribution >= 0.6 is 11.3 Å². The number of rotatable bonds is 3. The second-order valence-corrected chi connectivity index (χ2v) is 9.17. The van der Waals surface area contributed by atoms with Gasteiger partial charge in [-0.3, -0.25) is 14.2 Å². The number of para-hydroxylation sites is 1. The van der Waals surface area contributed by atoms with Crippen molar-refractivity contribution < 1.29 is 4.79 Å². The highest BCUT2D eigenvalue weighted by Crippen LogP contribution is 2.35. The van der Waals surface area contributed by atoms with Gasteiger partial charge in [-0.05, 0) is 40.8 Å². The third-order valence-electron chi connectivity index (χ3n) is 6.36. The van der Waals surface area contributed by atoms with Crippen LogP contribution in [0.2, 0.25) is 0 Å². The van der Waals surface area contributed by atoms with E-state index in [2.05, 4.69) is 29.2 Å². The number of aromatic nitrogens is 2. The zero-order valence-electron chi connectivity index (χ0n) is 17.9.